The Morgan fingerprint density at radius 1 is 1.19 bits per heavy atom. The third kappa shape index (κ3) is 4.29. The molecule has 4 rings (SSSR count). The first-order valence-corrected chi connectivity index (χ1v) is 10.4. The molecule has 1 saturated heterocycles. The molecule has 3 heterocycles. The summed E-state index contributed by atoms with van der Waals surface area (Å²) >= 11 is 3.26. The molecule has 0 unspecified atom stereocenters. The summed E-state index contributed by atoms with van der Waals surface area (Å²) in [6.45, 7) is -0.192. The van der Waals surface area contributed by atoms with Crippen LogP contribution in [-0.4, -0.2) is 51.1 Å². The van der Waals surface area contributed by atoms with Crippen molar-refractivity contribution in [3.63, 3.8) is 0 Å². The average Bonchev–Trinajstić information content (AvgIpc) is 3.29. The number of carbonyl (C=O) groups excluding carboxylic acids is 3. The van der Waals surface area contributed by atoms with Gasteiger partial charge in [0.25, 0.3) is 0 Å². The summed E-state index contributed by atoms with van der Waals surface area (Å²) < 4.78 is 16.0. The number of benzene rings is 1. The van der Waals surface area contributed by atoms with Crippen LogP contribution in [0.25, 0.3) is 10.9 Å². The predicted octanol–water partition coefficient (Wildman–Crippen LogP) is 3.48. The van der Waals surface area contributed by atoms with Crippen LogP contribution in [-0.2, 0) is 11.2 Å². The van der Waals surface area contributed by atoms with Crippen LogP contribution in [0.2, 0.25) is 0 Å². The van der Waals surface area contributed by atoms with E-state index >= 15 is 0 Å². The molecule has 160 valence electrons. The Morgan fingerprint density at radius 3 is 2.71 bits per heavy atom. The van der Waals surface area contributed by atoms with E-state index in [2.05, 4.69) is 26.2 Å². The number of hydrogen-bond donors (Lipinski definition) is 2. The normalized spacial score (nSPS) is 18.3. The molecule has 0 spiro atoms. The largest absolute Gasteiger partial charge is 0.351 e. The number of alkyl halides is 1. The number of aromatic nitrogens is 2. The van der Waals surface area contributed by atoms with Crippen molar-refractivity contribution in [3.8, 4) is 0 Å². The average molecular weight is 488 g/mol. The van der Waals surface area contributed by atoms with Crippen LogP contribution in [0.15, 0.2) is 53.3 Å². The van der Waals surface area contributed by atoms with Crippen molar-refractivity contribution in [2.75, 3.05) is 11.9 Å². The fourth-order valence-electron chi connectivity index (χ4n) is 3.81. The number of Topliss-reactive ketones (excluding diaryl/α,β-unsaturated/α-hetero) is 1. The maximum Gasteiger partial charge on any atom is 0.323 e. The van der Waals surface area contributed by atoms with Gasteiger partial charge in [-0.15, -0.1) is 0 Å². The summed E-state index contributed by atoms with van der Waals surface area (Å²) in [6.07, 6.45) is 0.0308. The number of para-hydroxylation sites is 1. The third-order valence-corrected chi connectivity index (χ3v) is 5.64. The van der Waals surface area contributed by atoms with Gasteiger partial charge in [-0.1, -0.05) is 24.3 Å². The van der Waals surface area contributed by atoms with Gasteiger partial charge in [0.1, 0.15) is 10.8 Å². The fraction of sp³-hybridized carbons (Fsp3) is 0.238. The minimum absolute atomic E-state index is 0.0123. The molecular weight excluding hydrogens is 469 g/mol. The topological polar surface area (TPSA) is 110 Å². The lowest BCUT2D eigenvalue weighted by Gasteiger charge is -2.23. The second-order valence-electron chi connectivity index (χ2n) is 7.29. The number of urea groups is 1. The number of halogens is 2. The number of primary amides is 1. The van der Waals surface area contributed by atoms with Crippen molar-refractivity contribution in [3.05, 3.63) is 59.0 Å². The van der Waals surface area contributed by atoms with Crippen molar-refractivity contribution in [2.45, 2.75) is 25.1 Å². The highest BCUT2D eigenvalue weighted by molar-refractivity contribution is 9.10. The summed E-state index contributed by atoms with van der Waals surface area (Å²) in [4.78, 5) is 42.9. The van der Waals surface area contributed by atoms with E-state index in [9.17, 15) is 18.8 Å². The Hall–Kier alpha value is -3.27. The van der Waals surface area contributed by atoms with Crippen LogP contribution in [0.1, 0.15) is 12.1 Å². The molecule has 8 nitrogen and oxygen atoms in total. The van der Waals surface area contributed by atoms with Gasteiger partial charge in [0.2, 0.25) is 0 Å². The molecule has 1 aliphatic heterocycles. The highest BCUT2D eigenvalue weighted by atomic mass is 79.9. The van der Waals surface area contributed by atoms with Gasteiger partial charge >= 0.3 is 12.1 Å². The molecule has 0 aliphatic carbocycles. The molecule has 1 aliphatic rings. The van der Waals surface area contributed by atoms with Gasteiger partial charge in [0.05, 0.1) is 30.2 Å². The summed E-state index contributed by atoms with van der Waals surface area (Å²) in [6, 6.07) is 9.90. The molecule has 2 atom stereocenters. The molecule has 3 N–H and O–H groups in total. The first kappa shape index (κ1) is 21.0. The number of fused-ring (bicyclic) bond motifs is 1. The quantitative estimate of drug-likeness (QED) is 0.548. The number of carbonyl (C=O) groups is 3. The fourth-order valence-corrected chi connectivity index (χ4v) is 4.19. The molecule has 10 heteroatoms. The van der Waals surface area contributed by atoms with Crippen molar-refractivity contribution in [2.24, 2.45) is 5.73 Å². The third-order valence-electron chi connectivity index (χ3n) is 5.20. The number of nitrogens with one attached hydrogen (secondary N) is 1. The number of nitrogens with two attached hydrogens (primary N) is 1. The molecule has 2 aromatic heterocycles. The monoisotopic (exact) mass is 487 g/mol. The van der Waals surface area contributed by atoms with Gasteiger partial charge in [0, 0.05) is 23.7 Å². The molecule has 0 radical (unpaired) electrons. The molecule has 31 heavy (non-hydrogen) atoms. The van der Waals surface area contributed by atoms with E-state index < -0.39 is 24.3 Å². The van der Waals surface area contributed by atoms with Gasteiger partial charge in [-0.25, -0.2) is 19.0 Å². The van der Waals surface area contributed by atoms with Gasteiger partial charge < -0.3 is 16.0 Å². The van der Waals surface area contributed by atoms with Crippen LogP contribution in [0.4, 0.5) is 19.7 Å². The van der Waals surface area contributed by atoms with Crippen molar-refractivity contribution >= 4 is 50.4 Å². The Balaban J connectivity index is 1.55. The van der Waals surface area contributed by atoms with Crippen molar-refractivity contribution in [1.82, 2.24) is 14.5 Å². The van der Waals surface area contributed by atoms with Crippen LogP contribution in [0.3, 0.4) is 0 Å². The number of amides is 3. The SMILES string of the molecule is NC(=O)n1cc(NC(=O)N2C[C@H](F)C[C@H]2C(=O)Cc2cccc(Br)n2)c2ccccc21. The molecule has 0 saturated carbocycles. The standard InChI is InChI=1S/C21H19BrFN5O3/c22-19-7-3-4-13(25-19)9-18(29)17-8-12(23)10-28(17)21(31)26-15-11-27(20(24)30)16-6-2-1-5-14(15)16/h1-7,11-12,17H,8-10H2,(H2,24,30)(H,26,31)/t12-,17+/m1/s1. The first-order chi connectivity index (χ1) is 14.8. The highest BCUT2D eigenvalue weighted by Gasteiger charge is 2.39. The number of rotatable bonds is 4. The lowest BCUT2D eigenvalue weighted by molar-refractivity contribution is -0.122. The first-order valence-electron chi connectivity index (χ1n) is 9.59. The summed E-state index contributed by atoms with van der Waals surface area (Å²) in [7, 11) is 0. The van der Waals surface area contributed by atoms with E-state index in [1.165, 1.54) is 15.7 Å². The number of nitrogens with zero attached hydrogens (tertiary/aromatic N) is 3. The lowest BCUT2D eigenvalue weighted by Crippen LogP contribution is -2.43. The zero-order chi connectivity index (χ0) is 22.1. The van der Waals surface area contributed by atoms with E-state index in [1.807, 2.05) is 0 Å². The van der Waals surface area contributed by atoms with Crippen molar-refractivity contribution in [1.29, 1.82) is 0 Å². The van der Waals surface area contributed by atoms with Crippen molar-refractivity contribution < 1.29 is 18.8 Å². The second-order valence-corrected chi connectivity index (χ2v) is 8.11. The molecular formula is C21H19BrFN5O3. The molecule has 3 aromatic rings. The molecule has 0 bridgehead atoms. The van der Waals surface area contributed by atoms with Crippen LogP contribution >= 0.6 is 15.9 Å². The Labute approximate surface area is 185 Å². The Kier molecular flexibility index (Phi) is 5.73. The Morgan fingerprint density at radius 2 is 1.97 bits per heavy atom. The maximum absolute atomic E-state index is 14.2. The van der Waals surface area contributed by atoms with E-state index in [4.69, 9.17) is 5.73 Å². The highest BCUT2D eigenvalue weighted by Crippen LogP contribution is 2.28. The molecule has 1 aromatic carbocycles. The van der Waals surface area contributed by atoms with Gasteiger partial charge in [-0.05, 0) is 34.1 Å². The molecule has 3 amide bonds. The smallest absolute Gasteiger partial charge is 0.323 e. The number of hydrogen-bond acceptors (Lipinski definition) is 4. The predicted molar refractivity (Wildman–Crippen MR) is 117 cm³/mol. The number of pyridine rings is 1. The van der Waals surface area contributed by atoms with E-state index in [0.717, 1.165) is 0 Å². The number of likely N-dealkylation sites (tertiary alicyclic amines) is 1. The van der Waals surface area contributed by atoms with E-state index in [-0.39, 0.29) is 25.2 Å². The number of ketones is 1. The zero-order valence-corrected chi connectivity index (χ0v) is 17.9. The van der Waals surface area contributed by atoms with Gasteiger partial charge in [0.15, 0.2) is 5.78 Å². The van der Waals surface area contributed by atoms with Crippen LogP contribution in [0, 0.1) is 0 Å². The Bertz CT molecular complexity index is 1180. The van der Waals surface area contributed by atoms with Gasteiger partial charge in [-0.2, -0.15) is 0 Å². The van der Waals surface area contributed by atoms with Gasteiger partial charge in [-0.3, -0.25) is 9.36 Å². The van der Waals surface area contributed by atoms with E-state index in [1.54, 1.807) is 42.5 Å². The summed E-state index contributed by atoms with van der Waals surface area (Å²) in [5.41, 5.74) is 6.82. The number of anilines is 1. The lowest BCUT2D eigenvalue weighted by atomic mass is 10.0. The van der Waals surface area contributed by atoms with Crippen LogP contribution < -0.4 is 11.1 Å². The maximum atomic E-state index is 14.2. The minimum atomic E-state index is -1.30. The minimum Gasteiger partial charge on any atom is -0.351 e. The summed E-state index contributed by atoms with van der Waals surface area (Å²) in [5, 5.41) is 3.30. The second kappa shape index (κ2) is 8.46. The van der Waals surface area contributed by atoms with Crippen LogP contribution in [0.5, 0.6) is 0 Å². The summed E-state index contributed by atoms with van der Waals surface area (Å²) in [5.74, 6) is -0.291. The van der Waals surface area contributed by atoms with E-state index in [0.29, 0.717) is 26.9 Å². The molecule has 1 fully saturated rings. The zero-order valence-electron chi connectivity index (χ0n) is 16.3.